The Morgan fingerprint density at radius 2 is 1.86 bits per heavy atom. The number of rotatable bonds is 5. The molecule has 0 aliphatic rings. The third-order valence-corrected chi connectivity index (χ3v) is 3.53. The summed E-state index contributed by atoms with van der Waals surface area (Å²) in [6.45, 7) is 4.81. The zero-order valence-corrected chi connectivity index (χ0v) is 13.2. The van der Waals surface area contributed by atoms with E-state index in [2.05, 4.69) is 35.3 Å². The van der Waals surface area contributed by atoms with Gasteiger partial charge in [0.05, 0.1) is 6.04 Å². The van der Waals surface area contributed by atoms with Gasteiger partial charge in [0.25, 0.3) is 0 Å². The molecule has 1 atom stereocenters. The smallest absolute Gasteiger partial charge is 0.123 e. The monoisotopic (exact) mass is 286 g/mol. The Balaban J connectivity index is 2.45. The van der Waals surface area contributed by atoms with Crippen molar-refractivity contribution in [1.29, 1.82) is 0 Å². The molecule has 2 rings (SSSR count). The van der Waals surface area contributed by atoms with Crippen LogP contribution in [0.2, 0.25) is 0 Å². The van der Waals surface area contributed by atoms with Crippen LogP contribution in [-0.4, -0.2) is 20.6 Å². The molecule has 0 aromatic heterocycles. The quantitative estimate of drug-likeness (QED) is 0.897. The molecule has 112 valence electrons. The molecule has 0 saturated heterocycles. The van der Waals surface area contributed by atoms with E-state index in [1.54, 1.807) is 12.1 Å². The lowest BCUT2D eigenvalue weighted by atomic mass is 9.96. The molecule has 2 aromatic rings. The van der Waals surface area contributed by atoms with Crippen LogP contribution >= 0.6 is 0 Å². The van der Waals surface area contributed by atoms with Crippen molar-refractivity contribution in [1.82, 2.24) is 5.32 Å². The Morgan fingerprint density at radius 3 is 2.48 bits per heavy atom. The van der Waals surface area contributed by atoms with Crippen LogP contribution in [0.5, 0.6) is 0 Å². The number of halogens is 1. The van der Waals surface area contributed by atoms with Crippen molar-refractivity contribution in [3.05, 3.63) is 65.0 Å². The summed E-state index contributed by atoms with van der Waals surface area (Å²) < 4.78 is 13.7. The van der Waals surface area contributed by atoms with E-state index in [0.717, 1.165) is 28.9 Å². The Kier molecular flexibility index (Phi) is 4.97. The van der Waals surface area contributed by atoms with Crippen LogP contribution in [0, 0.1) is 12.7 Å². The Bertz CT molecular complexity index is 588. The third kappa shape index (κ3) is 3.82. The predicted molar refractivity (Wildman–Crippen MR) is 87.4 cm³/mol. The first-order valence-electron chi connectivity index (χ1n) is 7.29. The number of hydrogen-bond acceptors (Lipinski definition) is 2. The van der Waals surface area contributed by atoms with Gasteiger partial charge >= 0.3 is 0 Å². The summed E-state index contributed by atoms with van der Waals surface area (Å²) in [7, 11) is 4.04. The fraction of sp³-hybridized carbons (Fsp3) is 0.333. The molecule has 1 N–H and O–H groups in total. The SMILES string of the molecule is CCNC(c1cc(C)cc(F)c1)c1cccc(N(C)C)c1. The molecule has 2 nitrogen and oxygen atoms in total. The summed E-state index contributed by atoms with van der Waals surface area (Å²) >= 11 is 0. The van der Waals surface area contributed by atoms with Gasteiger partial charge in [0.1, 0.15) is 5.82 Å². The van der Waals surface area contributed by atoms with Gasteiger partial charge < -0.3 is 10.2 Å². The van der Waals surface area contributed by atoms with E-state index < -0.39 is 0 Å². The van der Waals surface area contributed by atoms with Crippen LogP contribution in [0.4, 0.5) is 10.1 Å². The van der Waals surface area contributed by atoms with Crippen LogP contribution in [0.15, 0.2) is 42.5 Å². The molecular weight excluding hydrogens is 263 g/mol. The first-order valence-corrected chi connectivity index (χ1v) is 7.29. The fourth-order valence-electron chi connectivity index (χ4n) is 2.55. The first kappa shape index (κ1) is 15.5. The predicted octanol–water partition coefficient (Wildman–Crippen LogP) is 3.90. The molecule has 21 heavy (non-hydrogen) atoms. The van der Waals surface area contributed by atoms with E-state index in [4.69, 9.17) is 0 Å². The van der Waals surface area contributed by atoms with Gasteiger partial charge in [-0.25, -0.2) is 4.39 Å². The highest BCUT2D eigenvalue weighted by Gasteiger charge is 2.15. The topological polar surface area (TPSA) is 15.3 Å². The second kappa shape index (κ2) is 6.72. The molecule has 0 saturated carbocycles. The third-order valence-electron chi connectivity index (χ3n) is 3.53. The number of anilines is 1. The molecule has 0 bridgehead atoms. The number of nitrogens with one attached hydrogen (secondary N) is 1. The summed E-state index contributed by atoms with van der Waals surface area (Å²) in [5, 5.41) is 3.45. The van der Waals surface area contributed by atoms with Crippen molar-refractivity contribution >= 4 is 5.69 Å². The van der Waals surface area contributed by atoms with E-state index in [9.17, 15) is 4.39 Å². The highest BCUT2D eigenvalue weighted by Crippen LogP contribution is 2.26. The molecule has 0 fully saturated rings. The normalized spacial score (nSPS) is 12.2. The van der Waals surface area contributed by atoms with Crippen molar-refractivity contribution in [2.75, 3.05) is 25.5 Å². The van der Waals surface area contributed by atoms with Gasteiger partial charge in [-0.2, -0.15) is 0 Å². The molecule has 0 aliphatic carbocycles. The average molecular weight is 286 g/mol. The summed E-state index contributed by atoms with van der Waals surface area (Å²) in [6, 6.07) is 13.6. The van der Waals surface area contributed by atoms with Crippen molar-refractivity contribution in [2.45, 2.75) is 19.9 Å². The molecule has 2 aromatic carbocycles. The number of hydrogen-bond donors (Lipinski definition) is 1. The van der Waals surface area contributed by atoms with E-state index in [1.807, 2.05) is 33.2 Å². The van der Waals surface area contributed by atoms with Crippen LogP contribution in [0.1, 0.15) is 29.7 Å². The van der Waals surface area contributed by atoms with Crippen molar-refractivity contribution in [3.8, 4) is 0 Å². The maximum absolute atomic E-state index is 13.7. The average Bonchev–Trinajstić information content (AvgIpc) is 2.43. The van der Waals surface area contributed by atoms with Crippen molar-refractivity contribution in [3.63, 3.8) is 0 Å². The van der Waals surface area contributed by atoms with Crippen LogP contribution in [-0.2, 0) is 0 Å². The van der Waals surface area contributed by atoms with E-state index in [-0.39, 0.29) is 11.9 Å². The van der Waals surface area contributed by atoms with Crippen molar-refractivity contribution < 1.29 is 4.39 Å². The van der Waals surface area contributed by atoms with Gasteiger partial charge in [0, 0.05) is 19.8 Å². The molecule has 0 amide bonds. The second-order valence-electron chi connectivity index (χ2n) is 5.54. The molecule has 1 unspecified atom stereocenters. The summed E-state index contributed by atoms with van der Waals surface area (Å²) in [5.41, 5.74) is 4.19. The van der Waals surface area contributed by atoms with Gasteiger partial charge in [-0.15, -0.1) is 0 Å². The number of aryl methyl sites for hydroxylation is 1. The van der Waals surface area contributed by atoms with Gasteiger partial charge in [-0.3, -0.25) is 0 Å². The summed E-state index contributed by atoms with van der Waals surface area (Å²) in [4.78, 5) is 2.07. The minimum atomic E-state index is -0.184. The number of nitrogens with zero attached hydrogens (tertiary/aromatic N) is 1. The molecule has 0 heterocycles. The Labute approximate surface area is 126 Å². The molecule has 0 radical (unpaired) electrons. The minimum Gasteiger partial charge on any atom is -0.378 e. The van der Waals surface area contributed by atoms with E-state index >= 15 is 0 Å². The lowest BCUT2D eigenvalue weighted by Gasteiger charge is -2.22. The standard InChI is InChI=1S/C18H23FN2/c1-5-20-18(15-9-13(2)10-16(19)11-15)14-7-6-8-17(12-14)21(3)4/h6-12,18,20H,5H2,1-4H3. The maximum atomic E-state index is 13.7. The van der Waals surface area contributed by atoms with Crippen molar-refractivity contribution in [2.24, 2.45) is 0 Å². The molecule has 0 aliphatic heterocycles. The highest BCUT2D eigenvalue weighted by molar-refractivity contribution is 5.49. The Morgan fingerprint density at radius 1 is 1.10 bits per heavy atom. The van der Waals surface area contributed by atoms with E-state index in [0.29, 0.717) is 0 Å². The van der Waals surface area contributed by atoms with Gasteiger partial charge in [0.2, 0.25) is 0 Å². The van der Waals surface area contributed by atoms with E-state index in [1.165, 1.54) is 0 Å². The summed E-state index contributed by atoms with van der Waals surface area (Å²) in [6.07, 6.45) is 0. The minimum absolute atomic E-state index is 0.00398. The number of benzene rings is 2. The molecular formula is C18H23FN2. The first-order chi connectivity index (χ1) is 10.0. The van der Waals surface area contributed by atoms with Gasteiger partial charge in [0.15, 0.2) is 0 Å². The lowest BCUT2D eigenvalue weighted by molar-refractivity contribution is 0.602. The zero-order chi connectivity index (χ0) is 15.4. The maximum Gasteiger partial charge on any atom is 0.123 e. The van der Waals surface area contributed by atoms with Crippen LogP contribution in [0.3, 0.4) is 0 Å². The second-order valence-corrected chi connectivity index (χ2v) is 5.54. The largest absolute Gasteiger partial charge is 0.378 e. The molecule has 0 spiro atoms. The van der Waals surface area contributed by atoms with Gasteiger partial charge in [-0.1, -0.05) is 25.1 Å². The van der Waals surface area contributed by atoms with Gasteiger partial charge in [-0.05, 0) is 54.4 Å². The highest BCUT2D eigenvalue weighted by atomic mass is 19.1. The zero-order valence-electron chi connectivity index (χ0n) is 13.2. The van der Waals surface area contributed by atoms with Crippen LogP contribution < -0.4 is 10.2 Å². The fourth-order valence-corrected chi connectivity index (χ4v) is 2.55. The summed E-state index contributed by atoms with van der Waals surface area (Å²) in [5.74, 6) is -0.184. The Hall–Kier alpha value is -1.87. The lowest BCUT2D eigenvalue weighted by Crippen LogP contribution is -2.22. The molecule has 3 heteroatoms. The van der Waals surface area contributed by atoms with Crippen LogP contribution in [0.25, 0.3) is 0 Å².